The molecule has 0 bridgehead atoms. The van der Waals surface area contributed by atoms with Crippen LogP contribution in [0.25, 0.3) is 0 Å². The summed E-state index contributed by atoms with van der Waals surface area (Å²) in [5.41, 5.74) is 0. The normalized spacial score (nSPS) is 12.1. The Kier molecular flexibility index (Phi) is 3.64. The van der Waals surface area contributed by atoms with Gasteiger partial charge >= 0.3 is 0 Å². The minimum atomic E-state index is -0.462. The number of hydrogen-bond acceptors (Lipinski definition) is 1. The van der Waals surface area contributed by atoms with Crippen LogP contribution in [0.15, 0.2) is 54.6 Å². The largest absolute Gasteiger partial charge is 0.493 e. The standard InChI is InChI=1S/C13H16BOP/c1-15-12-9-5-6-10-13(12)16(14)11-7-3-2-4-8-11/h2-10,16H,1,14H3. The first-order valence-corrected chi connectivity index (χ1v) is 5.85. The molecule has 2 aromatic rings. The highest BCUT2D eigenvalue weighted by Crippen LogP contribution is 2.31. The summed E-state index contributed by atoms with van der Waals surface area (Å²) in [6, 6.07) is 19.3. The van der Waals surface area contributed by atoms with E-state index in [4.69, 9.17) is 4.74 Å². The van der Waals surface area contributed by atoms with Crippen LogP contribution in [0.3, 0.4) is 0 Å². The fraction of sp³-hybridized carbons (Fsp3) is 0.0769. The van der Waals surface area contributed by atoms with E-state index in [1.807, 2.05) is 6.07 Å². The molecule has 0 aromatic heterocycles. The fourth-order valence-corrected chi connectivity index (χ4v) is 2.58. The van der Waals surface area contributed by atoms with Crippen LogP contribution in [0, 0.1) is 0 Å². The number of ether oxygens (including phenoxy) is 1. The maximum atomic E-state index is 5.45. The van der Waals surface area contributed by atoms with E-state index in [0.717, 1.165) is 5.75 Å². The van der Waals surface area contributed by atoms with Gasteiger partial charge in [-0.25, -0.2) is 0 Å². The Labute approximate surface area is 98.6 Å². The molecule has 0 spiro atoms. The SMILES string of the molecule is [BH3-][PH+](c1ccccc1)c1ccccc1OC. The van der Waals surface area contributed by atoms with Gasteiger partial charge in [0.15, 0.2) is 5.75 Å². The molecule has 0 fully saturated rings. The Balaban J connectivity index is 2.37. The number of rotatable bonds is 3. The molecule has 0 N–H and O–H groups in total. The van der Waals surface area contributed by atoms with Crippen molar-refractivity contribution in [3.05, 3.63) is 54.6 Å². The molecule has 1 atom stereocenters. The molecule has 1 unspecified atom stereocenters. The first-order chi connectivity index (χ1) is 7.83. The summed E-state index contributed by atoms with van der Waals surface area (Å²) in [4.78, 5) is 0. The van der Waals surface area contributed by atoms with Crippen LogP contribution in [0.1, 0.15) is 0 Å². The molecule has 0 aliphatic heterocycles. The van der Waals surface area contributed by atoms with Gasteiger partial charge in [0, 0.05) is 0 Å². The maximum absolute atomic E-state index is 5.45. The second-order valence-corrected chi connectivity index (χ2v) is 4.56. The summed E-state index contributed by atoms with van der Waals surface area (Å²) < 4.78 is 5.45. The van der Waals surface area contributed by atoms with Crippen molar-refractivity contribution in [2.45, 2.75) is 0 Å². The molecule has 0 heterocycles. The molecule has 0 saturated carbocycles. The first-order valence-electron chi connectivity index (χ1n) is 4.85. The molecule has 0 saturated heterocycles. The zero-order valence-corrected chi connectivity index (χ0v) is 9.60. The van der Waals surface area contributed by atoms with Gasteiger partial charge in [0.2, 0.25) is 0 Å². The summed E-state index contributed by atoms with van der Waals surface area (Å²) in [6.45, 7) is 0. The van der Waals surface area contributed by atoms with Gasteiger partial charge in [-0.15, -0.1) is 7.80 Å². The predicted molar refractivity (Wildman–Crippen MR) is 77.0 cm³/mol. The van der Waals surface area contributed by atoms with E-state index in [1.165, 1.54) is 10.6 Å². The molecule has 0 aliphatic carbocycles. The number of hydrogen-bond donors (Lipinski definition) is 0. The molecule has 0 aliphatic rings. The van der Waals surface area contributed by atoms with E-state index in [2.05, 4.69) is 48.5 Å². The Morgan fingerprint density at radius 1 is 0.938 bits per heavy atom. The van der Waals surface area contributed by atoms with Crippen molar-refractivity contribution in [2.75, 3.05) is 7.11 Å². The molecule has 0 amide bonds. The van der Waals surface area contributed by atoms with Crippen molar-refractivity contribution in [3.8, 4) is 5.75 Å². The van der Waals surface area contributed by atoms with Crippen LogP contribution in [-0.2, 0) is 0 Å². The van der Waals surface area contributed by atoms with Crippen molar-refractivity contribution in [2.24, 2.45) is 0 Å². The summed E-state index contributed by atoms with van der Waals surface area (Å²) in [6.07, 6.45) is 0. The van der Waals surface area contributed by atoms with Crippen LogP contribution < -0.4 is 15.3 Å². The Bertz CT molecular complexity index is 458. The summed E-state index contributed by atoms with van der Waals surface area (Å²) in [7, 11) is 1.60. The molecule has 2 aromatic carbocycles. The van der Waals surface area contributed by atoms with Gasteiger partial charge in [0.05, 0.1) is 17.7 Å². The van der Waals surface area contributed by atoms with E-state index in [-0.39, 0.29) is 0 Å². The third-order valence-corrected chi connectivity index (χ3v) is 3.46. The monoisotopic (exact) mass is 230 g/mol. The van der Waals surface area contributed by atoms with E-state index < -0.39 is 7.80 Å². The number of methoxy groups -OCH3 is 1. The second kappa shape index (κ2) is 5.18. The van der Waals surface area contributed by atoms with Crippen LogP contribution in [0.5, 0.6) is 5.75 Å². The predicted octanol–water partition coefficient (Wildman–Crippen LogP) is 1.14. The van der Waals surface area contributed by atoms with Crippen molar-refractivity contribution >= 4 is 26.0 Å². The lowest BCUT2D eigenvalue weighted by Gasteiger charge is -2.13. The Morgan fingerprint density at radius 3 is 2.25 bits per heavy atom. The highest BCUT2D eigenvalue weighted by molar-refractivity contribution is 7.94. The topological polar surface area (TPSA) is 9.23 Å². The van der Waals surface area contributed by atoms with Gasteiger partial charge < -0.3 is 4.74 Å². The molecule has 2 rings (SSSR count). The van der Waals surface area contributed by atoms with Crippen LogP contribution in [0.4, 0.5) is 0 Å². The van der Waals surface area contributed by atoms with Gasteiger partial charge in [0.1, 0.15) is 7.57 Å². The highest BCUT2D eigenvalue weighted by atomic mass is 31.1. The molecule has 0 radical (unpaired) electrons. The Hall–Kier alpha value is -1.27. The third-order valence-electron chi connectivity index (χ3n) is 2.16. The lowest BCUT2D eigenvalue weighted by atomic mass is 10.3. The molecule has 1 nitrogen and oxygen atoms in total. The maximum Gasteiger partial charge on any atom is 0.156 e. The zero-order chi connectivity index (χ0) is 11.4. The lowest BCUT2D eigenvalue weighted by Crippen LogP contribution is -2.13. The highest BCUT2D eigenvalue weighted by Gasteiger charge is 2.14. The van der Waals surface area contributed by atoms with E-state index >= 15 is 0 Å². The summed E-state index contributed by atoms with van der Waals surface area (Å²) in [5.74, 6) is 1.07. The molecular formula is C13H16BOP. The van der Waals surface area contributed by atoms with Gasteiger partial charge in [-0.1, -0.05) is 30.3 Å². The molecule has 82 valence electrons. The first kappa shape index (κ1) is 11.2. The van der Waals surface area contributed by atoms with Crippen molar-refractivity contribution in [1.82, 2.24) is 0 Å². The zero-order valence-electron chi connectivity index (χ0n) is 8.60. The van der Waals surface area contributed by atoms with Gasteiger partial charge in [-0.3, -0.25) is 0 Å². The second-order valence-electron chi connectivity index (χ2n) is 3.19. The molecule has 3 heteroatoms. The van der Waals surface area contributed by atoms with Crippen molar-refractivity contribution in [1.29, 1.82) is 0 Å². The fourth-order valence-electron chi connectivity index (χ4n) is 1.42. The quantitative estimate of drug-likeness (QED) is 0.567. The van der Waals surface area contributed by atoms with E-state index in [0.29, 0.717) is 7.57 Å². The van der Waals surface area contributed by atoms with E-state index in [1.54, 1.807) is 7.11 Å². The van der Waals surface area contributed by atoms with Crippen molar-refractivity contribution in [3.63, 3.8) is 0 Å². The summed E-state index contributed by atoms with van der Waals surface area (Å²) in [5, 5.41) is 2.97. The minimum absolute atomic E-state index is 0.298. The van der Waals surface area contributed by atoms with Crippen LogP contribution in [0.2, 0.25) is 0 Å². The molecular weight excluding hydrogens is 214 g/mol. The lowest BCUT2D eigenvalue weighted by molar-refractivity contribution is 0.418. The summed E-state index contributed by atoms with van der Waals surface area (Å²) >= 11 is 0. The number of benzene rings is 2. The van der Waals surface area contributed by atoms with Gasteiger partial charge in [-0.2, -0.15) is 0 Å². The third kappa shape index (κ3) is 2.28. The Morgan fingerprint density at radius 2 is 1.56 bits per heavy atom. The average Bonchev–Trinajstić information content (AvgIpc) is 2.39. The average molecular weight is 230 g/mol. The molecule has 16 heavy (non-hydrogen) atoms. The van der Waals surface area contributed by atoms with Crippen molar-refractivity contribution < 1.29 is 4.74 Å². The van der Waals surface area contributed by atoms with Crippen LogP contribution in [-0.4, -0.2) is 14.7 Å². The minimum Gasteiger partial charge on any atom is -0.493 e. The van der Waals surface area contributed by atoms with E-state index in [9.17, 15) is 0 Å². The van der Waals surface area contributed by atoms with Crippen LogP contribution >= 0.6 is 7.80 Å². The smallest absolute Gasteiger partial charge is 0.156 e. The van der Waals surface area contributed by atoms with Gasteiger partial charge in [0.25, 0.3) is 0 Å². The van der Waals surface area contributed by atoms with Gasteiger partial charge in [-0.05, 0) is 24.3 Å². The number of para-hydroxylation sites is 1.